The van der Waals surface area contributed by atoms with Gasteiger partial charge in [0.2, 0.25) is 0 Å². The van der Waals surface area contributed by atoms with Crippen molar-refractivity contribution in [2.75, 3.05) is 18.4 Å². The Labute approximate surface area is 101 Å². The normalized spacial score (nSPS) is 11.2. The minimum absolute atomic E-state index is 0.0768. The van der Waals surface area contributed by atoms with Gasteiger partial charge in [0.05, 0.1) is 12.8 Å². The molecule has 0 spiro atoms. The van der Waals surface area contributed by atoms with Gasteiger partial charge in [-0.2, -0.15) is 13.1 Å². The molecule has 0 amide bonds. The molecule has 0 aliphatic rings. The number of hydrogen-bond donors (Lipinski definition) is 3. The van der Waals surface area contributed by atoms with Gasteiger partial charge in [0.1, 0.15) is 11.5 Å². The van der Waals surface area contributed by atoms with E-state index in [1.54, 1.807) is 0 Å². The summed E-state index contributed by atoms with van der Waals surface area (Å²) in [5.74, 6) is 0.295. The van der Waals surface area contributed by atoms with Crippen LogP contribution >= 0.6 is 0 Å². The van der Waals surface area contributed by atoms with E-state index in [-0.39, 0.29) is 11.4 Å². The van der Waals surface area contributed by atoms with E-state index < -0.39 is 10.2 Å². The molecule has 0 saturated heterocycles. The van der Waals surface area contributed by atoms with Crippen LogP contribution in [0.3, 0.4) is 0 Å². The Hall–Kier alpha value is -1.47. The standard InChI is InChI=1S/C10H16N2O4S/c1-3-6-11-17(14,15)12-9-7-8(16-2)4-5-10(9)13/h4-5,7,11-13H,3,6H2,1-2H3. The number of benzene rings is 1. The zero-order chi connectivity index (χ0) is 12.9. The molecule has 7 heteroatoms. The molecule has 0 atom stereocenters. The van der Waals surface area contributed by atoms with Gasteiger partial charge >= 0.3 is 0 Å². The Morgan fingerprint density at radius 1 is 1.41 bits per heavy atom. The van der Waals surface area contributed by atoms with E-state index in [1.165, 1.54) is 25.3 Å². The Morgan fingerprint density at radius 3 is 2.71 bits per heavy atom. The van der Waals surface area contributed by atoms with E-state index in [1.807, 2.05) is 6.92 Å². The summed E-state index contributed by atoms with van der Waals surface area (Å²) in [6.45, 7) is 2.19. The van der Waals surface area contributed by atoms with E-state index in [0.29, 0.717) is 18.7 Å². The summed E-state index contributed by atoms with van der Waals surface area (Å²) in [7, 11) is -2.20. The molecule has 96 valence electrons. The lowest BCUT2D eigenvalue weighted by Gasteiger charge is -2.11. The number of ether oxygens (including phenoxy) is 1. The van der Waals surface area contributed by atoms with Crippen LogP contribution in [-0.4, -0.2) is 27.2 Å². The second-order valence-electron chi connectivity index (χ2n) is 3.38. The first-order valence-corrected chi connectivity index (χ1v) is 6.61. The molecule has 0 fully saturated rings. The Kier molecular flexibility index (Phi) is 4.59. The summed E-state index contributed by atoms with van der Waals surface area (Å²) in [5, 5.41) is 9.51. The number of hydrogen-bond acceptors (Lipinski definition) is 4. The van der Waals surface area contributed by atoms with Gasteiger partial charge in [-0.25, -0.2) is 0 Å². The third-order valence-corrected chi connectivity index (χ3v) is 3.06. The fourth-order valence-corrected chi connectivity index (χ4v) is 2.14. The minimum atomic E-state index is -3.66. The molecule has 1 aromatic carbocycles. The van der Waals surface area contributed by atoms with Crippen molar-refractivity contribution in [3.8, 4) is 11.5 Å². The second kappa shape index (κ2) is 5.74. The molecule has 0 bridgehead atoms. The second-order valence-corrected chi connectivity index (χ2v) is 4.88. The average molecular weight is 260 g/mol. The highest BCUT2D eigenvalue weighted by Gasteiger charge is 2.12. The van der Waals surface area contributed by atoms with Crippen LogP contribution in [0.5, 0.6) is 11.5 Å². The van der Waals surface area contributed by atoms with Crippen molar-refractivity contribution in [1.29, 1.82) is 0 Å². The number of phenolic OH excluding ortho intramolecular Hbond substituents is 1. The molecule has 0 aliphatic heterocycles. The van der Waals surface area contributed by atoms with Crippen molar-refractivity contribution in [2.45, 2.75) is 13.3 Å². The molecule has 0 heterocycles. The molecule has 0 unspecified atom stereocenters. The SMILES string of the molecule is CCCNS(=O)(=O)Nc1cc(OC)ccc1O. The van der Waals surface area contributed by atoms with Crippen LogP contribution in [0.25, 0.3) is 0 Å². The number of aromatic hydroxyl groups is 1. The predicted molar refractivity (Wildman–Crippen MR) is 65.5 cm³/mol. The number of phenols is 1. The fraction of sp³-hybridized carbons (Fsp3) is 0.400. The van der Waals surface area contributed by atoms with Crippen molar-refractivity contribution in [2.24, 2.45) is 0 Å². The smallest absolute Gasteiger partial charge is 0.299 e. The zero-order valence-corrected chi connectivity index (χ0v) is 10.5. The van der Waals surface area contributed by atoms with Crippen LogP contribution in [0.15, 0.2) is 18.2 Å². The Balaban J connectivity index is 2.87. The summed E-state index contributed by atoms with van der Waals surface area (Å²) in [5.41, 5.74) is 0.0768. The molecule has 0 radical (unpaired) electrons. The summed E-state index contributed by atoms with van der Waals surface area (Å²) in [6.07, 6.45) is 0.686. The average Bonchev–Trinajstić information content (AvgIpc) is 2.29. The molecule has 1 aromatic rings. The lowest BCUT2D eigenvalue weighted by molar-refractivity contribution is 0.413. The van der Waals surface area contributed by atoms with E-state index in [4.69, 9.17) is 4.74 Å². The van der Waals surface area contributed by atoms with Crippen molar-refractivity contribution in [1.82, 2.24) is 4.72 Å². The first-order valence-electron chi connectivity index (χ1n) is 5.13. The minimum Gasteiger partial charge on any atom is -0.506 e. The monoisotopic (exact) mass is 260 g/mol. The van der Waals surface area contributed by atoms with Gasteiger partial charge in [-0.15, -0.1) is 0 Å². The van der Waals surface area contributed by atoms with E-state index in [0.717, 1.165) is 0 Å². The lowest BCUT2D eigenvalue weighted by atomic mass is 10.3. The number of methoxy groups -OCH3 is 1. The molecule has 0 aromatic heterocycles. The third-order valence-electron chi connectivity index (χ3n) is 1.99. The first kappa shape index (κ1) is 13.6. The van der Waals surface area contributed by atoms with Crippen LogP contribution in [0.2, 0.25) is 0 Å². The van der Waals surface area contributed by atoms with Gasteiger partial charge in [0, 0.05) is 12.6 Å². The van der Waals surface area contributed by atoms with Crippen molar-refractivity contribution < 1.29 is 18.3 Å². The van der Waals surface area contributed by atoms with Crippen molar-refractivity contribution >= 4 is 15.9 Å². The number of anilines is 1. The zero-order valence-electron chi connectivity index (χ0n) is 9.73. The molecule has 17 heavy (non-hydrogen) atoms. The van der Waals surface area contributed by atoms with Gasteiger partial charge in [-0.1, -0.05) is 6.92 Å². The van der Waals surface area contributed by atoms with E-state index >= 15 is 0 Å². The maximum Gasteiger partial charge on any atom is 0.299 e. The maximum absolute atomic E-state index is 11.5. The van der Waals surface area contributed by atoms with Gasteiger partial charge in [0.15, 0.2) is 0 Å². The molecular formula is C10H16N2O4S. The maximum atomic E-state index is 11.5. The van der Waals surface area contributed by atoms with Crippen molar-refractivity contribution in [3.63, 3.8) is 0 Å². The van der Waals surface area contributed by atoms with Crippen LogP contribution in [-0.2, 0) is 10.2 Å². The molecule has 0 aliphatic carbocycles. The lowest BCUT2D eigenvalue weighted by Crippen LogP contribution is -2.30. The van der Waals surface area contributed by atoms with Crippen LogP contribution in [0.4, 0.5) is 5.69 Å². The summed E-state index contributed by atoms with van der Waals surface area (Å²) in [4.78, 5) is 0. The number of rotatable bonds is 6. The molecule has 1 rings (SSSR count). The van der Waals surface area contributed by atoms with Crippen LogP contribution in [0.1, 0.15) is 13.3 Å². The Morgan fingerprint density at radius 2 is 2.12 bits per heavy atom. The third kappa shape index (κ3) is 4.12. The summed E-state index contributed by atoms with van der Waals surface area (Å²) in [6, 6.07) is 4.30. The van der Waals surface area contributed by atoms with E-state index in [2.05, 4.69) is 9.44 Å². The predicted octanol–water partition coefficient (Wildman–Crippen LogP) is 1.06. The molecular weight excluding hydrogens is 244 g/mol. The largest absolute Gasteiger partial charge is 0.506 e. The summed E-state index contributed by atoms with van der Waals surface area (Å²) >= 11 is 0. The molecule has 6 nitrogen and oxygen atoms in total. The van der Waals surface area contributed by atoms with Gasteiger partial charge < -0.3 is 9.84 Å². The highest BCUT2D eigenvalue weighted by atomic mass is 32.2. The quantitative estimate of drug-likeness (QED) is 0.667. The summed E-state index contributed by atoms with van der Waals surface area (Å²) < 4.78 is 32.6. The first-order chi connectivity index (χ1) is 7.98. The highest BCUT2D eigenvalue weighted by Crippen LogP contribution is 2.28. The topological polar surface area (TPSA) is 87.7 Å². The van der Waals surface area contributed by atoms with Gasteiger partial charge in [0.25, 0.3) is 10.2 Å². The molecule has 3 N–H and O–H groups in total. The highest BCUT2D eigenvalue weighted by molar-refractivity contribution is 7.90. The van der Waals surface area contributed by atoms with Gasteiger partial charge in [-0.3, -0.25) is 4.72 Å². The van der Waals surface area contributed by atoms with Crippen LogP contribution < -0.4 is 14.2 Å². The Bertz CT molecular complexity index is 473. The molecule has 0 saturated carbocycles. The fourth-order valence-electron chi connectivity index (χ4n) is 1.14. The van der Waals surface area contributed by atoms with Crippen molar-refractivity contribution in [3.05, 3.63) is 18.2 Å². The van der Waals surface area contributed by atoms with Crippen LogP contribution in [0, 0.1) is 0 Å². The van der Waals surface area contributed by atoms with Gasteiger partial charge in [-0.05, 0) is 18.6 Å². The van der Waals surface area contributed by atoms with E-state index in [9.17, 15) is 13.5 Å². The number of nitrogens with one attached hydrogen (secondary N) is 2.